The van der Waals surface area contributed by atoms with Crippen molar-refractivity contribution < 1.29 is 14.6 Å². The Labute approximate surface area is 121 Å². The molecule has 21 heavy (non-hydrogen) atoms. The van der Waals surface area contributed by atoms with Gasteiger partial charge in [-0.05, 0) is 44.9 Å². The highest BCUT2D eigenvalue weighted by atomic mass is 16.5. The molecule has 1 aromatic carbocycles. The molecule has 6 nitrogen and oxygen atoms in total. The van der Waals surface area contributed by atoms with Crippen molar-refractivity contribution in [3.8, 4) is 0 Å². The van der Waals surface area contributed by atoms with Crippen LogP contribution >= 0.6 is 0 Å². The lowest BCUT2D eigenvalue weighted by atomic mass is 9.93. The molecule has 2 heterocycles. The summed E-state index contributed by atoms with van der Waals surface area (Å²) in [6.45, 7) is 4.65. The zero-order valence-corrected chi connectivity index (χ0v) is 12.0. The first kappa shape index (κ1) is 13.9. The van der Waals surface area contributed by atoms with E-state index in [1.807, 2.05) is 13.8 Å². The van der Waals surface area contributed by atoms with Crippen LogP contribution in [0.5, 0.6) is 0 Å². The molecule has 0 spiro atoms. The van der Waals surface area contributed by atoms with Gasteiger partial charge >= 0.3 is 11.7 Å². The van der Waals surface area contributed by atoms with Gasteiger partial charge in [0.2, 0.25) is 0 Å². The highest BCUT2D eigenvalue weighted by molar-refractivity contribution is 5.92. The summed E-state index contributed by atoms with van der Waals surface area (Å²) in [5.41, 5.74) is 1.02. The molecule has 1 unspecified atom stereocenters. The fraction of sp³-hybridized carbons (Fsp3) is 0.467. The number of nitrogens with one attached hydrogen (secondary N) is 1. The lowest BCUT2D eigenvalue weighted by Crippen LogP contribution is -2.37. The highest BCUT2D eigenvalue weighted by Crippen LogP contribution is 2.32. The fourth-order valence-electron chi connectivity index (χ4n) is 3.05. The van der Waals surface area contributed by atoms with E-state index < -0.39 is 5.97 Å². The normalized spacial score (nSPS) is 21.5. The van der Waals surface area contributed by atoms with E-state index in [9.17, 15) is 9.59 Å². The van der Waals surface area contributed by atoms with Crippen LogP contribution in [-0.4, -0.2) is 32.8 Å². The second kappa shape index (κ2) is 4.73. The Morgan fingerprint density at radius 2 is 2.24 bits per heavy atom. The number of benzene rings is 1. The highest BCUT2D eigenvalue weighted by Gasteiger charge is 2.31. The molecule has 0 bridgehead atoms. The van der Waals surface area contributed by atoms with Crippen molar-refractivity contribution in [3.63, 3.8) is 0 Å². The minimum atomic E-state index is -1.00. The average Bonchev–Trinajstić information content (AvgIpc) is 2.72. The molecule has 1 aromatic heterocycles. The molecule has 2 N–H and O–H groups in total. The number of fused-ring (bicyclic) bond motifs is 1. The number of carbonyl (C=O) groups is 1. The first-order chi connectivity index (χ1) is 9.87. The predicted molar refractivity (Wildman–Crippen MR) is 77.8 cm³/mol. The third-order valence-corrected chi connectivity index (χ3v) is 4.00. The van der Waals surface area contributed by atoms with E-state index >= 15 is 0 Å². The van der Waals surface area contributed by atoms with Crippen molar-refractivity contribution in [2.75, 3.05) is 6.61 Å². The van der Waals surface area contributed by atoms with Gasteiger partial charge in [-0.15, -0.1) is 0 Å². The van der Waals surface area contributed by atoms with Crippen LogP contribution in [0.1, 0.15) is 43.1 Å². The van der Waals surface area contributed by atoms with E-state index in [0.29, 0.717) is 12.1 Å². The van der Waals surface area contributed by atoms with Crippen LogP contribution in [0.2, 0.25) is 0 Å². The third kappa shape index (κ3) is 2.47. The second-order valence-corrected chi connectivity index (χ2v) is 6.09. The van der Waals surface area contributed by atoms with Gasteiger partial charge in [-0.2, -0.15) is 0 Å². The molecule has 2 aromatic rings. The quantitative estimate of drug-likeness (QED) is 0.887. The van der Waals surface area contributed by atoms with Crippen LogP contribution in [0.4, 0.5) is 0 Å². The van der Waals surface area contributed by atoms with Crippen LogP contribution in [-0.2, 0) is 4.74 Å². The Morgan fingerprint density at radius 1 is 1.48 bits per heavy atom. The van der Waals surface area contributed by atoms with Gasteiger partial charge in [0.15, 0.2) is 0 Å². The Balaban J connectivity index is 2.08. The lowest BCUT2D eigenvalue weighted by Gasteiger charge is -2.35. The van der Waals surface area contributed by atoms with Crippen LogP contribution in [0.15, 0.2) is 23.0 Å². The van der Waals surface area contributed by atoms with Crippen LogP contribution in [0, 0.1) is 0 Å². The van der Waals surface area contributed by atoms with Crippen LogP contribution in [0.25, 0.3) is 11.0 Å². The second-order valence-electron chi connectivity index (χ2n) is 6.09. The number of ether oxygens (including phenoxy) is 1. The van der Waals surface area contributed by atoms with Gasteiger partial charge < -0.3 is 14.8 Å². The van der Waals surface area contributed by atoms with E-state index in [1.54, 1.807) is 10.6 Å². The minimum absolute atomic E-state index is 0.0608. The predicted octanol–water partition coefficient (Wildman–Crippen LogP) is 2.16. The maximum Gasteiger partial charge on any atom is 0.335 e. The number of aromatic nitrogens is 2. The van der Waals surface area contributed by atoms with E-state index in [0.717, 1.165) is 18.4 Å². The smallest absolute Gasteiger partial charge is 0.335 e. The molecule has 1 saturated heterocycles. The Morgan fingerprint density at radius 3 is 2.90 bits per heavy atom. The van der Waals surface area contributed by atoms with E-state index in [-0.39, 0.29) is 22.9 Å². The molecule has 1 aliphatic rings. The molecule has 1 fully saturated rings. The van der Waals surface area contributed by atoms with Gasteiger partial charge in [0.25, 0.3) is 0 Å². The average molecular weight is 290 g/mol. The first-order valence-electron chi connectivity index (χ1n) is 6.99. The standard InChI is InChI=1S/C15H18N2O4/c1-15(2)8-10(5-6-21-15)17-12-4-3-9(13(18)19)7-11(12)16-14(17)20/h3-4,7,10H,5-6,8H2,1-2H3,(H,16,20)(H,18,19). The monoisotopic (exact) mass is 290 g/mol. The molecular formula is C15H18N2O4. The first-order valence-corrected chi connectivity index (χ1v) is 6.99. The van der Waals surface area contributed by atoms with E-state index in [1.165, 1.54) is 12.1 Å². The number of aromatic amines is 1. The van der Waals surface area contributed by atoms with Gasteiger partial charge in [0.05, 0.1) is 22.2 Å². The number of carboxylic acids is 1. The summed E-state index contributed by atoms with van der Waals surface area (Å²) in [7, 11) is 0. The molecule has 1 aliphatic heterocycles. The minimum Gasteiger partial charge on any atom is -0.478 e. The molecule has 0 radical (unpaired) electrons. The van der Waals surface area contributed by atoms with E-state index in [4.69, 9.17) is 9.84 Å². The lowest BCUT2D eigenvalue weighted by molar-refractivity contribution is -0.0689. The number of rotatable bonds is 2. The molecule has 0 aliphatic carbocycles. The Bertz CT molecular complexity index is 757. The maximum absolute atomic E-state index is 12.2. The summed E-state index contributed by atoms with van der Waals surface area (Å²) in [5, 5.41) is 9.02. The summed E-state index contributed by atoms with van der Waals surface area (Å²) in [4.78, 5) is 26.0. The van der Waals surface area contributed by atoms with Gasteiger partial charge in [-0.3, -0.25) is 4.57 Å². The molecular weight excluding hydrogens is 272 g/mol. The van der Waals surface area contributed by atoms with Crippen molar-refractivity contribution >= 4 is 17.0 Å². The van der Waals surface area contributed by atoms with Crippen molar-refractivity contribution in [2.45, 2.75) is 38.3 Å². The zero-order valence-electron chi connectivity index (χ0n) is 12.0. The number of hydrogen-bond donors (Lipinski definition) is 2. The summed E-state index contributed by atoms with van der Waals surface area (Å²) in [6, 6.07) is 4.78. The topological polar surface area (TPSA) is 84.3 Å². The molecule has 0 saturated carbocycles. The Hall–Kier alpha value is -2.08. The molecule has 112 valence electrons. The molecule has 6 heteroatoms. The number of hydrogen-bond acceptors (Lipinski definition) is 3. The molecule has 0 amide bonds. The number of imidazole rings is 1. The van der Waals surface area contributed by atoms with Gasteiger partial charge in [0.1, 0.15) is 0 Å². The molecule has 3 rings (SSSR count). The number of nitrogens with zero attached hydrogens (tertiary/aromatic N) is 1. The van der Waals surface area contributed by atoms with Crippen molar-refractivity contribution in [2.24, 2.45) is 0 Å². The fourth-order valence-corrected chi connectivity index (χ4v) is 3.05. The SMILES string of the molecule is CC1(C)CC(n2c(=O)[nH]c3cc(C(=O)O)ccc32)CCO1. The van der Waals surface area contributed by atoms with Gasteiger partial charge in [-0.25, -0.2) is 9.59 Å². The van der Waals surface area contributed by atoms with Gasteiger partial charge in [-0.1, -0.05) is 0 Å². The van der Waals surface area contributed by atoms with Crippen LogP contribution in [0.3, 0.4) is 0 Å². The van der Waals surface area contributed by atoms with Gasteiger partial charge in [0, 0.05) is 12.6 Å². The van der Waals surface area contributed by atoms with Crippen molar-refractivity contribution in [1.82, 2.24) is 9.55 Å². The van der Waals surface area contributed by atoms with Crippen LogP contribution < -0.4 is 5.69 Å². The zero-order chi connectivity index (χ0) is 15.2. The number of H-pyrrole nitrogens is 1. The summed E-state index contributed by atoms with van der Waals surface area (Å²) in [6.07, 6.45) is 1.53. The molecule has 1 atom stereocenters. The number of aromatic carboxylic acids is 1. The summed E-state index contributed by atoms with van der Waals surface area (Å²) < 4.78 is 7.42. The number of carboxylic acid groups (broad SMARTS) is 1. The summed E-state index contributed by atoms with van der Waals surface area (Å²) in [5.74, 6) is -1.00. The van der Waals surface area contributed by atoms with Crippen molar-refractivity contribution in [1.29, 1.82) is 0 Å². The van der Waals surface area contributed by atoms with E-state index in [2.05, 4.69) is 4.98 Å². The Kier molecular flexibility index (Phi) is 3.13. The third-order valence-electron chi connectivity index (χ3n) is 4.00. The largest absolute Gasteiger partial charge is 0.478 e. The van der Waals surface area contributed by atoms with Crippen molar-refractivity contribution in [3.05, 3.63) is 34.2 Å². The maximum atomic E-state index is 12.2. The summed E-state index contributed by atoms with van der Waals surface area (Å²) >= 11 is 0.